The first-order valence-corrected chi connectivity index (χ1v) is 8.68. The monoisotopic (exact) mass is 295 g/mol. The van der Waals surface area contributed by atoms with Gasteiger partial charge in [-0.1, -0.05) is 0 Å². The van der Waals surface area contributed by atoms with Crippen molar-refractivity contribution in [1.82, 2.24) is 15.1 Å². The first-order chi connectivity index (χ1) is 9.63. The maximum atomic E-state index is 6.15. The van der Waals surface area contributed by atoms with E-state index < -0.39 is 0 Å². The molecule has 2 aliphatic heterocycles. The van der Waals surface area contributed by atoms with E-state index in [0.29, 0.717) is 12.0 Å². The molecule has 1 aromatic heterocycles. The maximum absolute atomic E-state index is 6.15. The van der Waals surface area contributed by atoms with Crippen LogP contribution in [-0.4, -0.2) is 40.5 Å². The third kappa shape index (κ3) is 2.63. The second-order valence-electron chi connectivity index (χ2n) is 6.20. The molecule has 0 bridgehead atoms. The second kappa shape index (κ2) is 5.70. The summed E-state index contributed by atoms with van der Waals surface area (Å²) in [7, 11) is 4.07. The number of rotatable bonds is 3. The van der Waals surface area contributed by atoms with Crippen molar-refractivity contribution in [2.45, 2.75) is 37.8 Å². The third-order valence-corrected chi connectivity index (χ3v) is 5.99. The molecule has 1 N–H and O–H groups in total. The van der Waals surface area contributed by atoms with E-state index in [4.69, 9.17) is 4.74 Å². The Bertz CT molecular complexity index is 468. The summed E-state index contributed by atoms with van der Waals surface area (Å²) in [5.74, 6) is 3.07. The van der Waals surface area contributed by atoms with Crippen molar-refractivity contribution >= 4 is 11.8 Å². The fourth-order valence-electron chi connectivity index (χ4n) is 3.78. The van der Waals surface area contributed by atoms with Gasteiger partial charge in [-0.15, -0.1) is 0 Å². The molecule has 0 saturated carbocycles. The molecule has 0 aromatic carbocycles. The van der Waals surface area contributed by atoms with Gasteiger partial charge in [0.2, 0.25) is 0 Å². The van der Waals surface area contributed by atoms with E-state index in [2.05, 4.69) is 30.6 Å². The van der Waals surface area contributed by atoms with Crippen molar-refractivity contribution in [1.29, 1.82) is 0 Å². The fraction of sp³-hybridized carbons (Fsp3) is 0.800. The lowest BCUT2D eigenvalue weighted by atomic mass is 9.79. The van der Waals surface area contributed by atoms with Crippen LogP contribution in [0.25, 0.3) is 0 Å². The van der Waals surface area contributed by atoms with Crippen LogP contribution in [0.2, 0.25) is 0 Å². The van der Waals surface area contributed by atoms with Crippen LogP contribution in [-0.2, 0) is 11.8 Å². The summed E-state index contributed by atoms with van der Waals surface area (Å²) < 4.78 is 8.08. The van der Waals surface area contributed by atoms with Gasteiger partial charge in [-0.2, -0.15) is 16.9 Å². The van der Waals surface area contributed by atoms with Crippen molar-refractivity contribution in [3.05, 3.63) is 17.5 Å². The number of aromatic nitrogens is 2. The van der Waals surface area contributed by atoms with Crippen molar-refractivity contribution in [3.8, 4) is 0 Å². The lowest BCUT2D eigenvalue weighted by Crippen LogP contribution is -2.43. The van der Waals surface area contributed by atoms with Crippen LogP contribution in [0.15, 0.2) is 6.20 Å². The number of aryl methyl sites for hydroxylation is 2. The van der Waals surface area contributed by atoms with Gasteiger partial charge in [0.15, 0.2) is 0 Å². The Hall–Kier alpha value is -0.520. The fourth-order valence-corrected chi connectivity index (χ4v) is 5.16. The van der Waals surface area contributed by atoms with Gasteiger partial charge in [0, 0.05) is 37.2 Å². The van der Waals surface area contributed by atoms with E-state index in [-0.39, 0.29) is 5.60 Å². The van der Waals surface area contributed by atoms with E-state index >= 15 is 0 Å². The molecule has 112 valence electrons. The molecule has 2 saturated heterocycles. The first-order valence-electron chi connectivity index (χ1n) is 7.53. The average molecular weight is 295 g/mol. The van der Waals surface area contributed by atoms with Crippen molar-refractivity contribution < 1.29 is 4.74 Å². The highest BCUT2D eigenvalue weighted by molar-refractivity contribution is 7.99. The van der Waals surface area contributed by atoms with Crippen LogP contribution in [0.4, 0.5) is 0 Å². The molecule has 3 unspecified atom stereocenters. The normalized spacial score (nSPS) is 31.9. The standard InChI is InChI=1S/C15H25N3OS/c1-11-13(9-18(3)17-11)14(16-2)12-4-6-19-15(8-12)5-7-20-10-15/h9,12,14,16H,4-8,10H2,1-3H3. The predicted octanol–water partition coefficient (Wildman–Crippen LogP) is 2.29. The molecule has 1 spiro atoms. The molecule has 4 nitrogen and oxygen atoms in total. The Kier molecular flexibility index (Phi) is 4.11. The summed E-state index contributed by atoms with van der Waals surface area (Å²) in [6, 6.07) is 0.398. The van der Waals surface area contributed by atoms with Crippen molar-refractivity contribution in [2.24, 2.45) is 13.0 Å². The van der Waals surface area contributed by atoms with Gasteiger partial charge in [0.25, 0.3) is 0 Å². The van der Waals surface area contributed by atoms with Gasteiger partial charge in [-0.05, 0) is 44.9 Å². The van der Waals surface area contributed by atoms with Crippen LogP contribution in [0.3, 0.4) is 0 Å². The molecule has 1 aromatic rings. The summed E-state index contributed by atoms with van der Waals surface area (Å²) in [5, 5.41) is 8.04. The maximum Gasteiger partial charge on any atom is 0.0783 e. The highest BCUT2D eigenvalue weighted by Crippen LogP contribution is 2.44. The molecule has 2 fully saturated rings. The molecule has 2 aliphatic rings. The minimum Gasteiger partial charge on any atom is -0.374 e. The minimum atomic E-state index is 0.152. The van der Waals surface area contributed by atoms with E-state index in [1.807, 2.05) is 23.5 Å². The summed E-state index contributed by atoms with van der Waals surface area (Å²) in [4.78, 5) is 0. The van der Waals surface area contributed by atoms with Crippen molar-refractivity contribution in [2.75, 3.05) is 25.2 Å². The second-order valence-corrected chi connectivity index (χ2v) is 7.30. The van der Waals surface area contributed by atoms with E-state index in [9.17, 15) is 0 Å². The SMILES string of the molecule is CNC(c1cn(C)nc1C)C1CCOC2(CCSC2)C1. The number of thioether (sulfide) groups is 1. The predicted molar refractivity (Wildman–Crippen MR) is 83.1 cm³/mol. The molecule has 3 atom stereocenters. The highest BCUT2D eigenvalue weighted by atomic mass is 32.2. The molecule has 0 radical (unpaired) electrons. The Labute approximate surface area is 125 Å². The zero-order valence-corrected chi connectivity index (χ0v) is 13.5. The molecule has 20 heavy (non-hydrogen) atoms. The molecule has 3 heterocycles. The minimum absolute atomic E-state index is 0.152. The Morgan fingerprint density at radius 2 is 2.45 bits per heavy atom. The lowest BCUT2D eigenvalue weighted by molar-refractivity contribution is -0.0851. The number of ether oxygens (including phenoxy) is 1. The number of nitrogens with zero attached hydrogens (tertiary/aromatic N) is 2. The van der Waals surface area contributed by atoms with Gasteiger partial charge in [0.1, 0.15) is 0 Å². The number of hydrogen-bond acceptors (Lipinski definition) is 4. The number of hydrogen-bond donors (Lipinski definition) is 1. The van der Waals surface area contributed by atoms with E-state index in [1.54, 1.807) is 0 Å². The van der Waals surface area contributed by atoms with Gasteiger partial charge in [-0.25, -0.2) is 0 Å². The zero-order chi connectivity index (χ0) is 14.2. The lowest BCUT2D eigenvalue weighted by Gasteiger charge is -2.40. The average Bonchev–Trinajstić information content (AvgIpc) is 2.99. The van der Waals surface area contributed by atoms with Crippen LogP contribution < -0.4 is 5.32 Å². The quantitative estimate of drug-likeness (QED) is 0.929. The Balaban J connectivity index is 1.80. The smallest absolute Gasteiger partial charge is 0.0783 e. The molecule has 0 amide bonds. The van der Waals surface area contributed by atoms with Gasteiger partial charge in [0.05, 0.1) is 11.3 Å². The van der Waals surface area contributed by atoms with Crippen LogP contribution in [0, 0.1) is 12.8 Å². The van der Waals surface area contributed by atoms with Crippen LogP contribution in [0.5, 0.6) is 0 Å². The van der Waals surface area contributed by atoms with Crippen LogP contribution in [0.1, 0.15) is 36.6 Å². The largest absolute Gasteiger partial charge is 0.374 e. The molecule has 0 aliphatic carbocycles. The Morgan fingerprint density at radius 3 is 3.05 bits per heavy atom. The van der Waals surface area contributed by atoms with E-state index in [1.165, 1.54) is 29.9 Å². The summed E-state index contributed by atoms with van der Waals surface area (Å²) in [6.07, 6.45) is 5.71. The van der Waals surface area contributed by atoms with Gasteiger partial charge >= 0.3 is 0 Å². The number of nitrogens with one attached hydrogen (secondary N) is 1. The summed E-state index contributed by atoms with van der Waals surface area (Å²) in [6.45, 7) is 3.02. The Morgan fingerprint density at radius 1 is 1.60 bits per heavy atom. The molecule has 3 rings (SSSR count). The van der Waals surface area contributed by atoms with Crippen LogP contribution >= 0.6 is 11.8 Å². The first kappa shape index (κ1) is 14.4. The summed E-state index contributed by atoms with van der Waals surface area (Å²) >= 11 is 2.04. The van der Waals surface area contributed by atoms with Crippen molar-refractivity contribution in [3.63, 3.8) is 0 Å². The van der Waals surface area contributed by atoms with E-state index in [0.717, 1.165) is 18.7 Å². The topological polar surface area (TPSA) is 39.1 Å². The molecular weight excluding hydrogens is 270 g/mol. The van der Waals surface area contributed by atoms with Gasteiger partial charge < -0.3 is 10.1 Å². The van der Waals surface area contributed by atoms with Gasteiger partial charge in [-0.3, -0.25) is 4.68 Å². The summed E-state index contributed by atoms with van der Waals surface area (Å²) in [5.41, 5.74) is 2.65. The highest BCUT2D eigenvalue weighted by Gasteiger charge is 2.42. The molecular formula is C15H25N3OS. The molecule has 5 heteroatoms. The third-order valence-electron chi connectivity index (χ3n) is 4.77. The zero-order valence-electron chi connectivity index (χ0n) is 12.7.